The van der Waals surface area contributed by atoms with Gasteiger partial charge in [0, 0.05) is 6.42 Å². The van der Waals surface area contributed by atoms with E-state index in [2.05, 4.69) is 19.9 Å². The molecule has 0 unspecified atom stereocenters. The molecule has 6 nitrogen and oxygen atoms in total. The number of hydrogen-bond donors (Lipinski definition) is 2. The van der Waals surface area contributed by atoms with Crippen molar-refractivity contribution >= 4 is 11.9 Å². The van der Waals surface area contributed by atoms with E-state index < -0.39 is 0 Å². The van der Waals surface area contributed by atoms with E-state index in [0.29, 0.717) is 12.2 Å². The highest BCUT2D eigenvalue weighted by Gasteiger charge is 2.04. The van der Waals surface area contributed by atoms with Gasteiger partial charge < -0.3 is 10.5 Å². The highest BCUT2D eigenvalue weighted by Crippen LogP contribution is 1.97. The predicted molar refractivity (Wildman–Crippen MR) is 41.1 cm³/mol. The van der Waals surface area contributed by atoms with E-state index in [-0.39, 0.29) is 18.3 Å². The van der Waals surface area contributed by atoms with Crippen LogP contribution in [0.5, 0.6) is 0 Å². The number of rotatable bonds is 3. The Morgan fingerprint density at radius 1 is 1.75 bits per heavy atom. The van der Waals surface area contributed by atoms with Crippen molar-refractivity contribution in [1.29, 1.82) is 0 Å². The molecule has 3 N–H and O–H groups in total. The topological polar surface area (TPSA) is 93.9 Å². The van der Waals surface area contributed by atoms with Crippen molar-refractivity contribution in [2.24, 2.45) is 0 Å². The van der Waals surface area contributed by atoms with Crippen molar-refractivity contribution in [3.8, 4) is 0 Å². The maximum absolute atomic E-state index is 10.7. The third-order valence-electron chi connectivity index (χ3n) is 1.34. The minimum Gasteiger partial charge on any atom is -0.469 e. The van der Waals surface area contributed by atoms with Gasteiger partial charge in [0.2, 0.25) is 5.95 Å². The van der Waals surface area contributed by atoms with E-state index in [1.807, 2.05) is 0 Å². The molecule has 0 fully saturated rings. The molecule has 0 radical (unpaired) electrons. The number of methoxy groups -OCH3 is 1. The second kappa shape index (κ2) is 3.70. The largest absolute Gasteiger partial charge is 0.469 e. The molecule has 12 heavy (non-hydrogen) atoms. The molecular formula is C6H10N4O2. The lowest BCUT2D eigenvalue weighted by molar-refractivity contribution is -0.140. The Morgan fingerprint density at radius 2 is 2.50 bits per heavy atom. The Labute approximate surface area is 69.1 Å². The molecule has 1 heterocycles. The summed E-state index contributed by atoms with van der Waals surface area (Å²) >= 11 is 0. The van der Waals surface area contributed by atoms with E-state index in [1.54, 1.807) is 0 Å². The highest BCUT2D eigenvalue weighted by atomic mass is 16.5. The fourth-order valence-electron chi connectivity index (χ4n) is 0.744. The minimum absolute atomic E-state index is 0.190. The monoisotopic (exact) mass is 170 g/mol. The van der Waals surface area contributed by atoms with Crippen molar-refractivity contribution in [3.05, 3.63) is 5.82 Å². The van der Waals surface area contributed by atoms with Crippen molar-refractivity contribution in [2.75, 3.05) is 12.8 Å². The average molecular weight is 170 g/mol. The van der Waals surface area contributed by atoms with E-state index >= 15 is 0 Å². The number of nitrogens with two attached hydrogens (primary N) is 1. The average Bonchev–Trinajstić information content (AvgIpc) is 2.47. The first kappa shape index (κ1) is 8.51. The third-order valence-corrected chi connectivity index (χ3v) is 1.34. The number of nitrogens with one attached hydrogen (secondary N) is 1. The normalized spacial score (nSPS) is 9.75. The first-order valence-electron chi connectivity index (χ1n) is 3.46. The number of carbonyl (C=O) groups excluding carboxylic acids is 1. The summed E-state index contributed by atoms with van der Waals surface area (Å²) in [5.74, 6) is 0.512. The number of aryl methyl sites for hydroxylation is 1. The van der Waals surface area contributed by atoms with Crippen LogP contribution in [0.25, 0.3) is 0 Å². The summed E-state index contributed by atoms with van der Waals surface area (Å²) in [6, 6.07) is 0. The molecule has 0 aromatic carbocycles. The molecular weight excluding hydrogens is 160 g/mol. The quantitative estimate of drug-likeness (QED) is 0.596. The van der Waals surface area contributed by atoms with E-state index in [4.69, 9.17) is 5.73 Å². The number of hydrogen-bond acceptors (Lipinski definition) is 5. The highest BCUT2D eigenvalue weighted by molar-refractivity contribution is 5.69. The standard InChI is InChI=1S/C6H10N4O2/c1-12-5(11)3-2-4-8-6(7)10-9-4/h2-3H2,1H3,(H3,7,8,9,10). The third kappa shape index (κ3) is 2.22. The Bertz CT molecular complexity index is 270. The minimum atomic E-state index is -0.273. The number of nitrogen functional groups attached to an aromatic ring is 1. The molecule has 1 rings (SSSR count). The Kier molecular flexibility index (Phi) is 2.62. The van der Waals surface area contributed by atoms with Crippen molar-refractivity contribution in [3.63, 3.8) is 0 Å². The van der Waals surface area contributed by atoms with Crippen LogP contribution < -0.4 is 5.73 Å². The van der Waals surface area contributed by atoms with Gasteiger partial charge in [0.1, 0.15) is 5.82 Å². The summed E-state index contributed by atoms with van der Waals surface area (Å²) in [5.41, 5.74) is 5.25. The number of esters is 1. The summed E-state index contributed by atoms with van der Waals surface area (Å²) in [4.78, 5) is 14.5. The summed E-state index contributed by atoms with van der Waals surface area (Å²) in [5, 5.41) is 6.20. The number of ether oxygens (including phenoxy) is 1. The van der Waals surface area contributed by atoms with Gasteiger partial charge in [0.15, 0.2) is 0 Å². The Balaban J connectivity index is 2.38. The first-order chi connectivity index (χ1) is 5.72. The molecule has 6 heteroatoms. The lowest BCUT2D eigenvalue weighted by atomic mass is 10.3. The van der Waals surface area contributed by atoms with Gasteiger partial charge in [0.25, 0.3) is 0 Å². The van der Waals surface area contributed by atoms with Crippen LogP contribution in [0.3, 0.4) is 0 Å². The van der Waals surface area contributed by atoms with E-state index in [9.17, 15) is 4.79 Å². The Hall–Kier alpha value is -1.59. The van der Waals surface area contributed by atoms with Gasteiger partial charge in [0.05, 0.1) is 13.5 Å². The molecule has 0 amide bonds. The molecule has 0 aliphatic heterocycles. The SMILES string of the molecule is COC(=O)CCc1nc(N)n[nH]1. The van der Waals surface area contributed by atoms with Crippen molar-refractivity contribution in [1.82, 2.24) is 15.2 Å². The molecule has 0 bridgehead atoms. The smallest absolute Gasteiger partial charge is 0.305 e. The van der Waals surface area contributed by atoms with Gasteiger partial charge in [-0.25, -0.2) is 0 Å². The molecule has 0 spiro atoms. The lowest BCUT2D eigenvalue weighted by Gasteiger charge is -1.94. The number of carbonyl (C=O) groups is 1. The lowest BCUT2D eigenvalue weighted by Crippen LogP contribution is -2.02. The van der Waals surface area contributed by atoms with Crippen LogP contribution in [0.15, 0.2) is 0 Å². The number of aromatic nitrogens is 3. The summed E-state index contributed by atoms with van der Waals surface area (Å²) in [6.07, 6.45) is 0.752. The van der Waals surface area contributed by atoms with Gasteiger partial charge in [-0.3, -0.25) is 9.89 Å². The van der Waals surface area contributed by atoms with Crippen molar-refractivity contribution < 1.29 is 9.53 Å². The van der Waals surface area contributed by atoms with Crippen LogP contribution in [0.4, 0.5) is 5.95 Å². The second-order valence-corrected chi connectivity index (χ2v) is 2.22. The van der Waals surface area contributed by atoms with Gasteiger partial charge in [-0.1, -0.05) is 0 Å². The molecule has 0 atom stereocenters. The second-order valence-electron chi connectivity index (χ2n) is 2.22. The van der Waals surface area contributed by atoms with Crippen LogP contribution in [-0.4, -0.2) is 28.3 Å². The van der Waals surface area contributed by atoms with E-state index in [0.717, 1.165) is 0 Å². The maximum atomic E-state index is 10.7. The fourth-order valence-corrected chi connectivity index (χ4v) is 0.744. The molecule has 1 aromatic rings. The summed E-state index contributed by atoms with van der Waals surface area (Å²) < 4.78 is 4.45. The zero-order valence-electron chi connectivity index (χ0n) is 6.70. The summed E-state index contributed by atoms with van der Waals surface area (Å²) in [6.45, 7) is 0. The van der Waals surface area contributed by atoms with Crippen molar-refractivity contribution in [2.45, 2.75) is 12.8 Å². The van der Waals surface area contributed by atoms with Gasteiger partial charge in [-0.2, -0.15) is 4.98 Å². The van der Waals surface area contributed by atoms with Crippen LogP contribution in [-0.2, 0) is 16.0 Å². The Morgan fingerprint density at radius 3 is 3.00 bits per heavy atom. The van der Waals surface area contributed by atoms with Crippen LogP contribution in [0, 0.1) is 0 Å². The molecule has 0 saturated carbocycles. The summed E-state index contributed by atoms with van der Waals surface area (Å²) in [7, 11) is 1.34. The number of anilines is 1. The molecule has 0 saturated heterocycles. The zero-order chi connectivity index (χ0) is 8.97. The van der Waals surface area contributed by atoms with Crippen LogP contribution in [0.2, 0.25) is 0 Å². The molecule has 1 aromatic heterocycles. The van der Waals surface area contributed by atoms with Crippen LogP contribution >= 0.6 is 0 Å². The fraction of sp³-hybridized carbons (Fsp3) is 0.500. The number of aromatic amines is 1. The molecule has 0 aliphatic carbocycles. The van der Waals surface area contributed by atoms with E-state index in [1.165, 1.54) is 7.11 Å². The first-order valence-corrected chi connectivity index (χ1v) is 3.46. The van der Waals surface area contributed by atoms with Gasteiger partial charge >= 0.3 is 5.97 Å². The van der Waals surface area contributed by atoms with Gasteiger partial charge in [-0.05, 0) is 0 Å². The zero-order valence-corrected chi connectivity index (χ0v) is 6.70. The van der Waals surface area contributed by atoms with Crippen LogP contribution in [0.1, 0.15) is 12.2 Å². The molecule has 0 aliphatic rings. The number of H-pyrrole nitrogens is 1. The number of nitrogens with zero attached hydrogens (tertiary/aromatic N) is 2. The van der Waals surface area contributed by atoms with Gasteiger partial charge in [-0.15, -0.1) is 5.10 Å². The maximum Gasteiger partial charge on any atom is 0.305 e. The molecule has 66 valence electrons. The predicted octanol–water partition coefficient (Wildman–Crippen LogP) is -0.508.